The topological polar surface area (TPSA) is 0 Å². The Labute approximate surface area is 57.0 Å². The van der Waals surface area contributed by atoms with Crippen LogP contribution in [0.15, 0.2) is 11.6 Å². The van der Waals surface area contributed by atoms with Crippen molar-refractivity contribution in [1.29, 1.82) is 0 Å². The Balaban J connectivity index is 2.22. The summed E-state index contributed by atoms with van der Waals surface area (Å²) in [5.74, 6) is 3.04. The third kappa shape index (κ3) is 0.593. The quantitative estimate of drug-likeness (QED) is 0.433. The van der Waals surface area contributed by atoms with Crippen molar-refractivity contribution in [3.63, 3.8) is 0 Å². The van der Waals surface area contributed by atoms with E-state index in [4.69, 9.17) is 0 Å². The van der Waals surface area contributed by atoms with Crippen molar-refractivity contribution in [1.82, 2.24) is 0 Å². The Morgan fingerprint density at radius 3 is 2.67 bits per heavy atom. The molecule has 0 amide bonds. The number of hydrogen-bond donors (Lipinski definition) is 0. The molecule has 0 spiro atoms. The Morgan fingerprint density at radius 2 is 2.33 bits per heavy atom. The molecule has 50 valence electrons. The van der Waals surface area contributed by atoms with Gasteiger partial charge >= 0.3 is 0 Å². The van der Waals surface area contributed by atoms with E-state index in [9.17, 15) is 0 Å². The zero-order valence-electron chi connectivity index (χ0n) is 6.22. The SMILES string of the molecule is CC1=CC[C@@H]2C[C@@H]1C2C. The molecule has 3 atom stereocenters. The Hall–Kier alpha value is -0.260. The summed E-state index contributed by atoms with van der Waals surface area (Å²) in [6.07, 6.45) is 5.28. The maximum Gasteiger partial charge on any atom is -0.0175 e. The predicted molar refractivity (Wildman–Crippen MR) is 39.1 cm³/mol. The van der Waals surface area contributed by atoms with Crippen LogP contribution in [-0.2, 0) is 0 Å². The molecule has 0 nitrogen and oxygen atoms in total. The van der Waals surface area contributed by atoms with Gasteiger partial charge in [0.05, 0.1) is 0 Å². The van der Waals surface area contributed by atoms with Crippen LogP contribution in [-0.4, -0.2) is 0 Å². The summed E-state index contributed by atoms with van der Waals surface area (Å²) in [6, 6.07) is 0. The molecule has 2 bridgehead atoms. The van der Waals surface area contributed by atoms with Gasteiger partial charge in [0.1, 0.15) is 0 Å². The zero-order valence-corrected chi connectivity index (χ0v) is 6.22. The van der Waals surface area contributed by atoms with E-state index < -0.39 is 0 Å². The van der Waals surface area contributed by atoms with Crippen LogP contribution >= 0.6 is 0 Å². The number of fused-ring (bicyclic) bond motifs is 1. The second kappa shape index (κ2) is 1.62. The van der Waals surface area contributed by atoms with Gasteiger partial charge in [0.15, 0.2) is 0 Å². The van der Waals surface area contributed by atoms with Crippen LogP contribution in [0.3, 0.4) is 0 Å². The second-order valence-corrected chi connectivity index (χ2v) is 3.65. The highest BCUT2D eigenvalue weighted by Gasteiger charge is 2.40. The van der Waals surface area contributed by atoms with Crippen LogP contribution in [0, 0.1) is 17.8 Å². The fourth-order valence-electron chi connectivity index (χ4n) is 2.29. The van der Waals surface area contributed by atoms with Crippen LogP contribution in [0.5, 0.6) is 0 Å². The summed E-state index contributed by atoms with van der Waals surface area (Å²) in [4.78, 5) is 0. The third-order valence-electron chi connectivity index (χ3n) is 3.26. The fourth-order valence-corrected chi connectivity index (χ4v) is 2.29. The van der Waals surface area contributed by atoms with Crippen molar-refractivity contribution in [3.8, 4) is 0 Å². The van der Waals surface area contributed by atoms with Crippen molar-refractivity contribution < 1.29 is 0 Å². The Kier molecular flexibility index (Phi) is 0.992. The molecule has 9 heavy (non-hydrogen) atoms. The first-order chi connectivity index (χ1) is 4.29. The van der Waals surface area contributed by atoms with E-state index in [0.29, 0.717) is 0 Å². The molecule has 1 unspecified atom stereocenters. The molecule has 3 aliphatic rings. The minimum Gasteiger partial charge on any atom is -0.0850 e. The minimum atomic E-state index is 0.976. The van der Waals surface area contributed by atoms with E-state index >= 15 is 0 Å². The van der Waals surface area contributed by atoms with Gasteiger partial charge in [-0.2, -0.15) is 0 Å². The number of rotatable bonds is 0. The summed E-state index contributed by atoms with van der Waals surface area (Å²) in [7, 11) is 0. The molecule has 1 saturated carbocycles. The summed E-state index contributed by atoms with van der Waals surface area (Å²) in [5, 5.41) is 0. The summed E-state index contributed by atoms with van der Waals surface area (Å²) in [5.41, 5.74) is 1.66. The van der Waals surface area contributed by atoms with Crippen molar-refractivity contribution in [2.24, 2.45) is 17.8 Å². The molecule has 3 aliphatic carbocycles. The van der Waals surface area contributed by atoms with Gasteiger partial charge in [-0.1, -0.05) is 18.6 Å². The van der Waals surface area contributed by atoms with Crippen molar-refractivity contribution in [2.75, 3.05) is 0 Å². The van der Waals surface area contributed by atoms with E-state index in [1.807, 2.05) is 0 Å². The molecule has 0 heterocycles. The monoisotopic (exact) mass is 122 g/mol. The smallest absolute Gasteiger partial charge is 0.0175 e. The summed E-state index contributed by atoms with van der Waals surface area (Å²) in [6.45, 7) is 4.69. The zero-order chi connectivity index (χ0) is 6.43. The molecule has 0 N–H and O–H groups in total. The van der Waals surface area contributed by atoms with Gasteiger partial charge in [-0.25, -0.2) is 0 Å². The lowest BCUT2D eigenvalue weighted by Gasteiger charge is -2.47. The van der Waals surface area contributed by atoms with E-state index in [1.54, 1.807) is 5.57 Å². The van der Waals surface area contributed by atoms with E-state index in [0.717, 1.165) is 17.8 Å². The van der Waals surface area contributed by atoms with Crippen molar-refractivity contribution >= 4 is 0 Å². The highest BCUT2D eigenvalue weighted by Crippen LogP contribution is 2.49. The number of allylic oxidation sites excluding steroid dienone is 2. The molecule has 0 saturated heterocycles. The largest absolute Gasteiger partial charge is 0.0850 e. The second-order valence-electron chi connectivity index (χ2n) is 3.65. The normalized spacial score (nSPS) is 47.8. The van der Waals surface area contributed by atoms with Crippen LogP contribution in [0.4, 0.5) is 0 Å². The molecular weight excluding hydrogens is 108 g/mol. The summed E-state index contributed by atoms with van der Waals surface area (Å²) < 4.78 is 0. The van der Waals surface area contributed by atoms with Gasteiger partial charge in [0, 0.05) is 0 Å². The average Bonchev–Trinajstić information content (AvgIpc) is 1.86. The molecule has 0 aliphatic heterocycles. The van der Waals surface area contributed by atoms with Crippen molar-refractivity contribution in [3.05, 3.63) is 11.6 Å². The molecule has 0 aromatic heterocycles. The summed E-state index contributed by atoms with van der Waals surface area (Å²) >= 11 is 0. The molecule has 1 fully saturated rings. The fraction of sp³-hybridized carbons (Fsp3) is 0.778. The number of hydrogen-bond acceptors (Lipinski definition) is 0. The Bertz CT molecular complexity index is 155. The van der Waals surface area contributed by atoms with Gasteiger partial charge < -0.3 is 0 Å². The van der Waals surface area contributed by atoms with Crippen LogP contribution < -0.4 is 0 Å². The molecule has 0 radical (unpaired) electrons. The minimum absolute atomic E-state index is 0.976. The first-order valence-corrected chi connectivity index (χ1v) is 3.95. The van der Waals surface area contributed by atoms with E-state index in [2.05, 4.69) is 19.9 Å². The van der Waals surface area contributed by atoms with Crippen LogP contribution in [0.25, 0.3) is 0 Å². The Morgan fingerprint density at radius 1 is 1.56 bits per heavy atom. The third-order valence-corrected chi connectivity index (χ3v) is 3.26. The van der Waals surface area contributed by atoms with Gasteiger partial charge in [0.25, 0.3) is 0 Å². The molecular formula is C9H14. The molecule has 3 rings (SSSR count). The molecule has 0 aromatic rings. The molecule has 0 heteroatoms. The van der Waals surface area contributed by atoms with Gasteiger partial charge in [-0.15, -0.1) is 0 Å². The predicted octanol–water partition coefficient (Wildman–Crippen LogP) is 2.61. The highest BCUT2D eigenvalue weighted by atomic mass is 14.4. The first kappa shape index (κ1) is 5.52. The van der Waals surface area contributed by atoms with E-state index in [1.165, 1.54) is 12.8 Å². The highest BCUT2D eigenvalue weighted by molar-refractivity contribution is 5.16. The van der Waals surface area contributed by atoms with E-state index in [-0.39, 0.29) is 0 Å². The van der Waals surface area contributed by atoms with Crippen LogP contribution in [0.1, 0.15) is 26.7 Å². The van der Waals surface area contributed by atoms with Crippen molar-refractivity contribution in [2.45, 2.75) is 26.7 Å². The lowest BCUT2D eigenvalue weighted by Crippen LogP contribution is -2.37. The molecule has 0 aromatic carbocycles. The van der Waals surface area contributed by atoms with Gasteiger partial charge in [-0.3, -0.25) is 0 Å². The van der Waals surface area contributed by atoms with Gasteiger partial charge in [-0.05, 0) is 37.5 Å². The standard InChI is InChI=1S/C9H14/c1-6-3-4-8-5-9(6)7(8)2/h3,7-9H,4-5H2,1-2H3/t7?,8-,9+/m1/s1. The first-order valence-electron chi connectivity index (χ1n) is 3.95. The maximum absolute atomic E-state index is 2.43. The maximum atomic E-state index is 2.43. The lowest BCUT2D eigenvalue weighted by atomic mass is 9.58. The average molecular weight is 122 g/mol. The van der Waals surface area contributed by atoms with Crippen LogP contribution in [0.2, 0.25) is 0 Å². The lowest BCUT2D eigenvalue weighted by molar-refractivity contribution is 0.104. The van der Waals surface area contributed by atoms with Gasteiger partial charge in [0.2, 0.25) is 0 Å².